The Hall–Kier alpha value is -2.54. The molecular formula is C27H32F3N3O. The second kappa shape index (κ2) is 9.61. The fraction of sp³-hybridized carbons (Fsp3) is 0.519. The van der Waals surface area contributed by atoms with Crippen LogP contribution in [0.5, 0.6) is 0 Å². The molecule has 2 bridgehead atoms. The second-order valence-electron chi connectivity index (χ2n) is 10.0. The molecule has 4 nitrogen and oxygen atoms in total. The zero-order valence-electron chi connectivity index (χ0n) is 19.3. The van der Waals surface area contributed by atoms with Crippen LogP contribution in [0.4, 0.5) is 18.0 Å². The van der Waals surface area contributed by atoms with Crippen molar-refractivity contribution < 1.29 is 18.0 Å². The number of carbonyl (C=O) groups excluding carboxylic acids is 1. The van der Waals surface area contributed by atoms with E-state index in [2.05, 4.69) is 39.8 Å². The average Bonchev–Trinajstić information content (AvgIpc) is 3.38. The molecule has 1 aliphatic carbocycles. The summed E-state index contributed by atoms with van der Waals surface area (Å²) in [5.41, 5.74) is 3.03. The molecule has 2 unspecified atom stereocenters. The number of fused-ring (bicyclic) bond motifs is 5. The number of carbonyl (C=O) groups is 1. The molecule has 2 aromatic carbocycles. The fourth-order valence-electron chi connectivity index (χ4n) is 6.12. The summed E-state index contributed by atoms with van der Waals surface area (Å²) in [6.07, 6.45) is 3.63. The Morgan fingerprint density at radius 1 is 0.882 bits per heavy atom. The molecule has 2 amide bonds. The Morgan fingerprint density at radius 3 is 2.09 bits per heavy atom. The summed E-state index contributed by atoms with van der Waals surface area (Å²) in [7, 11) is 0. The first kappa shape index (κ1) is 23.2. The first-order valence-electron chi connectivity index (χ1n) is 12.4. The zero-order valence-corrected chi connectivity index (χ0v) is 19.3. The van der Waals surface area contributed by atoms with Crippen molar-refractivity contribution >= 4 is 6.03 Å². The number of nitrogens with zero attached hydrogens (tertiary/aromatic N) is 1. The number of hydrogen-bond donors (Lipinski definition) is 2. The first-order chi connectivity index (χ1) is 16.4. The molecular weight excluding hydrogens is 439 g/mol. The van der Waals surface area contributed by atoms with Crippen LogP contribution >= 0.6 is 0 Å². The maximum Gasteiger partial charge on any atom is 0.416 e. The molecule has 0 aromatic heterocycles. The van der Waals surface area contributed by atoms with E-state index in [4.69, 9.17) is 0 Å². The lowest BCUT2D eigenvalue weighted by molar-refractivity contribution is -0.137. The van der Waals surface area contributed by atoms with Crippen LogP contribution in [-0.2, 0) is 12.7 Å². The standard InChI is InChI=1S/C27H32F3N3O/c28-27(29,30)20-9-5-19(6-10-20)17-31-26(34)32-21-11-7-18(8-12-21)15-16-33-24-13-14-25(33)23-4-2-1-3-22(23)24/h1-6,9-10,18,21,24-25H,7-8,11-17H2,(H2,31,32,34). The van der Waals surface area contributed by atoms with Crippen molar-refractivity contribution in [1.29, 1.82) is 0 Å². The third-order valence-corrected chi connectivity index (χ3v) is 7.94. The summed E-state index contributed by atoms with van der Waals surface area (Å²) in [5.74, 6) is 0.705. The number of rotatable bonds is 6. The van der Waals surface area contributed by atoms with Crippen LogP contribution < -0.4 is 10.6 Å². The van der Waals surface area contributed by atoms with Gasteiger partial charge in [0.05, 0.1) is 5.56 Å². The van der Waals surface area contributed by atoms with Gasteiger partial charge in [0.2, 0.25) is 0 Å². The fourth-order valence-corrected chi connectivity index (χ4v) is 6.12. The van der Waals surface area contributed by atoms with E-state index in [1.807, 2.05) is 0 Å². The van der Waals surface area contributed by atoms with E-state index >= 15 is 0 Å². The summed E-state index contributed by atoms with van der Waals surface area (Å²) < 4.78 is 38.0. The molecule has 2 aromatic rings. The highest BCUT2D eigenvalue weighted by atomic mass is 19.4. The van der Waals surface area contributed by atoms with Crippen molar-refractivity contribution in [3.05, 3.63) is 70.8 Å². The van der Waals surface area contributed by atoms with E-state index in [0.29, 0.717) is 23.6 Å². The molecule has 0 spiro atoms. The van der Waals surface area contributed by atoms with Crippen LogP contribution in [0.15, 0.2) is 48.5 Å². The third kappa shape index (κ3) is 4.95. The summed E-state index contributed by atoms with van der Waals surface area (Å²) >= 11 is 0. The van der Waals surface area contributed by atoms with Crippen LogP contribution in [0.3, 0.4) is 0 Å². The Kier molecular flexibility index (Phi) is 6.56. The molecule has 5 rings (SSSR count). The van der Waals surface area contributed by atoms with Crippen molar-refractivity contribution in [2.45, 2.75) is 75.8 Å². The van der Waals surface area contributed by atoms with Gasteiger partial charge in [0.15, 0.2) is 0 Å². The number of benzene rings is 2. The molecule has 2 N–H and O–H groups in total. The van der Waals surface area contributed by atoms with E-state index < -0.39 is 11.7 Å². The summed E-state index contributed by atoms with van der Waals surface area (Å²) in [5, 5.41) is 5.80. The highest BCUT2D eigenvalue weighted by molar-refractivity contribution is 5.74. The first-order valence-corrected chi connectivity index (χ1v) is 12.4. The largest absolute Gasteiger partial charge is 0.416 e. The quantitative estimate of drug-likeness (QED) is 0.516. The molecule has 2 aliphatic heterocycles. The molecule has 0 radical (unpaired) electrons. The minimum atomic E-state index is -4.35. The summed E-state index contributed by atoms with van der Waals surface area (Å²) in [6.45, 7) is 1.36. The predicted octanol–water partition coefficient (Wildman–Crippen LogP) is 6.35. The maximum absolute atomic E-state index is 12.7. The van der Waals surface area contributed by atoms with Crippen LogP contribution in [0.2, 0.25) is 0 Å². The average molecular weight is 472 g/mol. The van der Waals surface area contributed by atoms with E-state index in [9.17, 15) is 18.0 Å². The lowest BCUT2D eigenvalue weighted by Gasteiger charge is -2.31. The van der Waals surface area contributed by atoms with Gasteiger partial charge in [-0.25, -0.2) is 4.79 Å². The Morgan fingerprint density at radius 2 is 1.50 bits per heavy atom. The van der Waals surface area contributed by atoms with Gasteiger partial charge in [0, 0.05) is 24.7 Å². The normalized spacial score (nSPS) is 26.3. The Bertz CT molecular complexity index is 968. The molecule has 34 heavy (non-hydrogen) atoms. The molecule has 3 aliphatic rings. The van der Waals surface area contributed by atoms with E-state index in [0.717, 1.165) is 44.4 Å². The second-order valence-corrected chi connectivity index (χ2v) is 10.0. The lowest BCUT2D eigenvalue weighted by Crippen LogP contribution is -2.43. The minimum Gasteiger partial charge on any atom is -0.335 e. The highest BCUT2D eigenvalue weighted by Crippen LogP contribution is 2.53. The van der Waals surface area contributed by atoms with Crippen LogP contribution in [0.1, 0.15) is 79.3 Å². The number of nitrogens with one attached hydrogen (secondary N) is 2. The number of alkyl halides is 3. The van der Waals surface area contributed by atoms with Crippen molar-refractivity contribution in [2.75, 3.05) is 6.54 Å². The van der Waals surface area contributed by atoms with Gasteiger partial charge in [0.1, 0.15) is 0 Å². The maximum atomic E-state index is 12.7. The molecule has 1 saturated heterocycles. The van der Waals surface area contributed by atoms with Gasteiger partial charge in [-0.15, -0.1) is 0 Å². The van der Waals surface area contributed by atoms with Crippen molar-refractivity contribution in [3.8, 4) is 0 Å². The highest BCUT2D eigenvalue weighted by Gasteiger charge is 2.43. The SMILES string of the molecule is O=C(NCc1ccc(C(F)(F)F)cc1)NC1CCC(CCN2C3CCC2c2ccccc23)CC1. The van der Waals surface area contributed by atoms with Gasteiger partial charge < -0.3 is 10.6 Å². The molecule has 2 heterocycles. The smallest absolute Gasteiger partial charge is 0.335 e. The van der Waals surface area contributed by atoms with Crippen molar-refractivity contribution in [3.63, 3.8) is 0 Å². The van der Waals surface area contributed by atoms with Crippen molar-refractivity contribution in [1.82, 2.24) is 15.5 Å². The van der Waals surface area contributed by atoms with Gasteiger partial charge in [-0.3, -0.25) is 4.90 Å². The zero-order chi connectivity index (χ0) is 23.7. The van der Waals surface area contributed by atoms with Crippen molar-refractivity contribution in [2.24, 2.45) is 5.92 Å². The lowest BCUT2D eigenvalue weighted by atomic mass is 9.84. The van der Waals surface area contributed by atoms with E-state index in [-0.39, 0.29) is 18.6 Å². The van der Waals surface area contributed by atoms with Gasteiger partial charge in [-0.05, 0) is 86.2 Å². The van der Waals surface area contributed by atoms with E-state index in [1.165, 1.54) is 42.5 Å². The molecule has 1 saturated carbocycles. The topological polar surface area (TPSA) is 44.4 Å². The molecule has 2 atom stereocenters. The monoisotopic (exact) mass is 471 g/mol. The number of urea groups is 1. The number of amides is 2. The minimum absolute atomic E-state index is 0.163. The number of hydrogen-bond acceptors (Lipinski definition) is 2. The van der Waals surface area contributed by atoms with Crippen LogP contribution in [0, 0.1) is 5.92 Å². The predicted molar refractivity (Wildman–Crippen MR) is 125 cm³/mol. The number of halogens is 3. The summed E-state index contributed by atoms with van der Waals surface area (Å²) in [6, 6.07) is 14.9. The Balaban J connectivity index is 1.01. The van der Waals surface area contributed by atoms with Crippen LogP contribution in [-0.4, -0.2) is 23.5 Å². The third-order valence-electron chi connectivity index (χ3n) is 7.94. The van der Waals surface area contributed by atoms with Crippen LogP contribution in [0.25, 0.3) is 0 Å². The van der Waals surface area contributed by atoms with E-state index in [1.54, 1.807) is 0 Å². The van der Waals surface area contributed by atoms with Gasteiger partial charge >= 0.3 is 12.2 Å². The molecule has 182 valence electrons. The van der Waals surface area contributed by atoms with Gasteiger partial charge in [-0.2, -0.15) is 13.2 Å². The summed E-state index contributed by atoms with van der Waals surface area (Å²) in [4.78, 5) is 15.0. The Labute approximate surface area is 198 Å². The molecule has 2 fully saturated rings. The molecule has 7 heteroatoms. The van der Waals surface area contributed by atoms with Gasteiger partial charge in [0.25, 0.3) is 0 Å². The van der Waals surface area contributed by atoms with Gasteiger partial charge in [-0.1, -0.05) is 36.4 Å².